The van der Waals surface area contributed by atoms with E-state index in [0.29, 0.717) is 0 Å². The average Bonchev–Trinajstić information content (AvgIpc) is 2.46. The van der Waals surface area contributed by atoms with Gasteiger partial charge in [-0.15, -0.1) is 0 Å². The molecule has 0 spiro atoms. The van der Waals surface area contributed by atoms with Crippen LogP contribution in [0.2, 0.25) is 0 Å². The van der Waals surface area contributed by atoms with Crippen LogP contribution >= 0.6 is 0 Å². The Hall–Kier alpha value is -1.30. The highest BCUT2D eigenvalue weighted by molar-refractivity contribution is 5.25. The fraction of sp³-hybridized carbons (Fsp3) is 0.444. The van der Waals surface area contributed by atoms with E-state index in [0.717, 1.165) is 18.3 Å². The van der Waals surface area contributed by atoms with E-state index in [9.17, 15) is 0 Å². The lowest BCUT2D eigenvalue weighted by atomic mass is 9.78. The lowest BCUT2D eigenvalue weighted by Gasteiger charge is -2.27. The second-order valence-corrected chi connectivity index (χ2v) is 5.33. The van der Waals surface area contributed by atoms with Gasteiger partial charge in [-0.1, -0.05) is 56.0 Å². The van der Waals surface area contributed by atoms with Crippen LogP contribution in [0.15, 0.2) is 49.1 Å². The summed E-state index contributed by atoms with van der Waals surface area (Å²) in [4.78, 5) is 0. The summed E-state index contributed by atoms with van der Waals surface area (Å²) >= 11 is 0. The molecule has 0 atom stereocenters. The van der Waals surface area contributed by atoms with Crippen molar-refractivity contribution in [2.24, 2.45) is 5.92 Å². The van der Waals surface area contributed by atoms with E-state index in [2.05, 4.69) is 49.9 Å². The van der Waals surface area contributed by atoms with E-state index in [1.54, 1.807) is 5.56 Å². The van der Waals surface area contributed by atoms with Crippen molar-refractivity contribution < 1.29 is 0 Å². The predicted octanol–water partition coefficient (Wildman–Crippen LogP) is 5.27. The molecule has 1 aromatic carbocycles. The van der Waals surface area contributed by atoms with Gasteiger partial charge in [-0.05, 0) is 55.1 Å². The number of allylic oxidation sites excluding steroid dienone is 3. The molecule has 0 aliphatic heterocycles. The first-order valence-electron chi connectivity index (χ1n) is 7.21. The summed E-state index contributed by atoms with van der Waals surface area (Å²) in [5.74, 6) is 1.55. The van der Waals surface area contributed by atoms with E-state index in [4.69, 9.17) is 0 Å². The quantitative estimate of drug-likeness (QED) is 0.629. The largest absolute Gasteiger partial charge is 0.0991 e. The zero-order valence-corrected chi connectivity index (χ0v) is 11.4. The minimum absolute atomic E-state index is 0.772. The van der Waals surface area contributed by atoms with Crippen LogP contribution in [0.5, 0.6) is 0 Å². The van der Waals surface area contributed by atoms with Gasteiger partial charge in [0, 0.05) is 0 Å². The molecule has 0 heterocycles. The van der Waals surface area contributed by atoms with Crippen molar-refractivity contribution in [3.05, 3.63) is 60.2 Å². The zero-order chi connectivity index (χ0) is 12.8. The van der Waals surface area contributed by atoms with Gasteiger partial charge in [-0.3, -0.25) is 0 Å². The normalized spacial score (nSPS) is 24.3. The van der Waals surface area contributed by atoms with Gasteiger partial charge in [-0.2, -0.15) is 0 Å². The highest BCUT2D eigenvalue weighted by Gasteiger charge is 2.20. The predicted molar refractivity (Wildman–Crippen MR) is 79.9 cm³/mol. The number of benzene rings is 1. The SMILES string of the molecule is C=C/C=C/C1CCC(c2ccc(CC)cc2)CC1. The molecule has 0 nitrogen and oxygen atoms in total. The summed E-state index contributed by atoms with van der Waals surface area (Å²) in [7, 11) is 0. The monoisotopic (exact) mass is 240 g/mol. The minimum Gasteiger partial charge on any atom is -0.0991 e. The van der Waals surface area contributed by atoms with Gasteiger partial charge in [0.15, 0.2) is 0 Å². The Balaban J connectivity index is 1.92. The molecule has 1 aromatic rings. The van der Waals surface area contributed by atoms with Crippen molar-refractivity contribution >= 4 is 0 Å². The van der Waals surface area contributed by atoms with Gasteiger partial charge in [0.05, 0.1) is 0 Å². The van der Waals surface area contributed by atoms with Crippen LogP contribution in [0.3, 0.4) is 0 Å². The van der Waals surface area contributed by atoms with E-state index < -0.39 is 0 Å². The van der Waals surface area contributed by atoms with Crippen molar-refractivity contribution in [2.75, 3.05) is 0 Å². The molecule has 0 saturated heterocycles. The highest BCUT2D eigenvalue weighted by atomic mass is 14.2. The first-order valence-corrected chi connectivity index (χ1v) is 7.21. The standard InChI is InChI=1S/C18H24/c1-3-5-6-16-9-13-18(14-10-16)17-11-7-15(4-2)8-12-17/h3,5-8,11-12,16,18H,1,4,9-10,13-14H2,2H3/b6-5+. The molecule has 0 amide bonds. The molecule has 1 fully saturated rings. The second kappa shape index (κ2) is 6.58. The average molecular weight is 240 g/mol. The van der Waals surface area contributed by atoms with Crippen molar-refractivity contribution in [1.82, 2.24) is 0 Å². The van der Waals surface area contributed by atoms with E-state index in [-0.39, 0.29) is 0 Å². The Bertz CT molecular complexity index is 389. The van der Waals surface area contributed by atoms with Crippen LogP contribution in [0.25, 0.3) is 0 Å². The van der Waals surface area contributed by atoms with Crippen LogP contribution in [0, 0.1) is 5.92 Å². The lowest BCUT2D eigenvalue weighted by Crippen LogP contribution is -2.11. The third kappa shape index (κ3) is 3.35. The summed E-state index contributed by atoms with van der Waals surface area (Å²) in [5.41, 5.74) is 2.99. The molecule has 0 aromatic heterocycles. The zero-order valence-electron chi connectivity index (χ0n) is 11.4. The molecule has 0 unspecified atom stereocenters. The first-order chi connectivity index (χ1) is 8.83. The van der Waals surface area contributed by atoms with Gasteiger partial charge in [0.1, 0.15) is 0 Å². The molecular formula is C18H24. The molecule has 0 heteroatoms. The van der Waals surface area contributed by atoms with Crippen molar-refractivity contribution in [3.63, 3.8) is 0 Å². The maximum atomic E-state index is 3.74. The number of aryl methyl sites for hydroxylation is 1. The van der Waals surface area contributed by atoms with Crippen LogP contribution in [0.4, 0.5) is 0 Å². The summed E-state index contributed by atoms with van der Waals surface area (Å²) in [6, 6.07) is 9.25. The number of rotatable bonds is 4. The van der Waals surface area contributed by atoms with Crippen molar-refractivity contribution in [2.45, 2.75) is 44.9 Å². The molecule has 1 saturated carbocycles. The number of hydrogen-bond acceptors (Lipinski definition) is 0. The van der Waals surface area contributed by atoms with Crippen molar-refractivity contribution in [3.8, 4) is 0 Å². The van der Waals surface area contributed by atoms with Crippen LogP contribution in [-0.2, 0) is 6.42 Å². The van der Waals surface area contributed by atoms with Crippen molar-refractivity contribution in [1.29, 1.82) is 0 Å². The van der Waals surface area contributed by atoms with Crippen LogP contribution < -0.4 is 0 Å². The Morgan fingerprint density at radius 2 is 1.78 bits per heavy atom. The Morgan fingerprint density at radius 1 is 1.11 bits per heavy atom. The number of hydrogen-bond donors (Lipinski definition) is 0. The molecular weight excluding hydrogens is 216 g/mol. The van der Waals surface area contributed by atoms with E-state index in [1.165, 1.54) is 31.2 Å². The maximum absolute atomic E-state index is 3.74. The molecule has 18 heavy (non-hydrogen) atoms. The summed E-state index contributed by atoms with van der Waals surface area (Å²) < 4.78 is 0. The molecule has 1 aliphatic rings. The van der Waals surface area contributed by atoms with Gasteiger partial charge in [0.25, 0.3) is 0 Å². The molecule has 2 rings (SSSR count). The van der Waals surface area contributed by atoms with E-state index >= 15 is 0 Å². The second-order valence-electron chi connectivity index (χ2n) is 5.33. The van der Waals surface area contributed by atoms with Gasteiger partial charge >= 0.3 is 0 Å². The third-order valence-corrected chi connectivity index (χ3v) is 4.15. The smallest absolute Gasteiger partial charge is 0.0162 e. The fourth-order valence-electron chi connectivity index (χ4n) is 2.91. The minimum atomic E-state index is 0.772. The molecule has 96 valence electrons. The maximum Gasteiger partial charge on any atom is -0.0162 e. The third-order valence-electron chi connectivity index (χ3n) is 4.15. The topological polar surface area (TPSA) is 0 Å². The van der Waals surface area contributed by atoms with Crippen LogP contribution in [0.1, 0.15) is 49.7 Å². The molecule has 0 bridgehead atoms. The fourth-order valence-corrected chi connectivity index (χ4v) is 2.91. The van der Waals surface area contributed by atoms with Gasteiger partial charge < -0.3 is 0 Å². The molecule has 0 N–H and O–H groups in total. The lowest BCUT2D eigenvalue weighted by molar-refractivity contribution is 0.376. The van der Waals surface area contributed by atoms with Gasteiger partial charge in [0.2, 0.25) is 0 Å². The van der Waals surface area contributed by atoms with Gasteiger partial charge in [-0.25, -0.2) is 0 Å². The first kappa shape index (κ1) is 13.1. The molecule has 0 radical (unpaired) electrons. The van der Waals surface area contributed by atoms with E-state index in [1.807, 2.05) is 6.08 Å². The summed E-state index contributed by atoms with van der Waals surface area (Å²) in [6.07, 6.45) is 12.8. The summed E-state index contributed by atoms with van der Waals surface area (Å²) in [5, 5.41) is 0. The Kier molecular flexibility index (Phi) is 4.81. The molecule has 1 aliphatic carbocycles. The highest BCUT2D eigenvalue weighted by Crippen LogP contribution is 2.36. The summed E-state index contributed by atoms with van der Waals surface area (Å²) in [6.45, 7) is 5.95. The Labute approximate surface area is 111 Å². The Morgan fingerprint density at radius 3 is 2.33 bits per heavy atom. The van der Waals surface area contributed by atoms with Crippen LogP contribution in [-0.4, -0.2) is 0 Å².